The van der Waals surface area contributed by atoms with E-state index in [1.54, 1.807) is 12.1 Å². The Hall–Kier alpha value is -2.14. The number of hydrogen-bond donors (Lipinski definition) is 1. The number of hydrogen-bond acceptors (Lipinski definition) is 2. The summed E-state index contributed by atoms with van der Waals surface area (Å²) < 4.78 is 2.78. The molecule has 1 N–H and O–H groups in total. The zero-order valence-electron chi connectivity index (χ0n) is 11.6. The molecule has 0 aliphatic rings. The SMILES string of the molecule is Cc1ccc(Br)c(-n2c(C)nc3cccc(C(=O)O)c32)c1. The van der Waals surface area contributed by atoms with Crippen LogP contribution in [0.3, 0.4) is 0 Å². The first kappa shape index (κ1) is 13.8. The van der Waals surface area contributed by atoms with E-state index >= 15 is 0 Å². The topological polar surface area (TPSA) is 55.1 Å². The molecule has 21 heavy (non-hydrogen) atoms. The van der Waals surface area contributed by atoms with E-state index in [2.05, 4.69) is 20.9 Å². The van der Waals surface area contributed by atoms with Crippen molar-refractivity contribution in [3.8, 4) is 5.69 Å². The van der Waals surface area contributed by atoms with Gasteiger partial charge in [0.05, 0.1) is 22.3 Å². The smallest absolute Gasteiger partial charge is 0.337 e. The highest BCUT2D eigenvalue weighted by Gasteiger charge is 2.18. The fourth-order valence-electron chi connectivity index (χ4n) is 2.50. The standard InChI is InChI=1S/C16H13BrN2O2/c1-9-6-7-12(17)14(8-9)19-10(2)18-13-5-3-4-11(15(13)19)16(20)21/h3-8H,1-2H3,(H,20,21). The van der Waals surface area contributed by atoms with Gasteiger partial charge in [0.25, 0.3) is 0 Å². The van der Waals surface area contributed by atoms with Crippen LogP contribution in [0.2, 0.25) is 0 Å². The van der Waals surface area contributed by atoms with Gasteiger partial charge in [-0.2, -0.15) is 0 Å². The second-order valence-electron chi connectivity index (χ2n) is 4.93. The van der Waals surface area contributed by atoms with Crippen molar-refractivity contribution in [1.29, 1.82) is 0 Å². The molecule has 0 atom stereocenters. The lowest BCUT2D eigenvalue weighted by Crippen LogP contribution is -2.04. The van der Waals surface area contributed by atoms with Crippen molar-refractivity contribution in [2.45, 2.75) is 13.8 Å². The minimum Gasteiger partial charge on any atom is -0.478 e. The molecule has 2 aromatic carbocycles. The minimum absolute atomic E-state index is 0.251. The molecule has 0 radical (unpaired) electrons. The van der Waals surface area contributed by atoms with Crippen LogP contribution in [0.15, 0.2) is 40.9 Å². The van der Waals surface area contributed by atoms with Gasteiger partial charge in [0.2, 0.25) is 0 Å². The van der Waals surface area contributed by atoms with E-state index < -0.39 is 5.97 Å². The van der Waals surface area contributed by atoms with Crippen molar-refractivity contribution in [2.75, 3.05) is 0 Å². The number of nitrogens with zero attached hydrogens (tertiary/aromatic N) is 2. The molecule has 0 saturated heterocycles. The van der Waals surface area contributed by atoms with Crippen LogP contribution in [0, 0.1) is 13.8 Å². The monoisotopic (exact) mass is 344 g/mol. The Morgan fingerprint density at radius 2 is 2.00 bits per heavy atom. The Morgan fingerprint density at radius 1 is 1.24 bits per heavy atom. The zero-order chi connectivity index (χ0) is 15.1. The predicted octanol–water partition coefficient (Wildman–Crippen LogP) is 4.10. The molecular weight excluding hydrogens is 332 g/mol. The normalized spacial score (nSPS) is 11.0. The molecule has 0 amide bonds. The molecule has 0 unspecified atom stereocenters. The van der Waals surface area contributed by atoms with Gasteiger partial charge in [-0.3, -0.25) is 4.57 Å². The number of aromatic carboxylic acids is 1. The van der Waals surface area contributed by atoms with Crippen LogP contribution in [0.5, 0.6) is 0 Å². The second-order valence-corrected chi connectivity index (χ2v) is 5.78. The molecule has 1 heterocycles. The fraction of sp³-hybridized carbons (Fsp3) is 0.125. The number of aryl methyl sites for hydroxylation is 2. The molecule has 0 bridgehead atoms. The van der Waals surface area contributed by atoms with Crippen molar-refractivity contribution in [2.24, 2.45) is 0 Å². The summed E-state index contributed by atoms with van der Waals surface area (Å²) >= 11 is 3.54. The number of carboxylic acid groups (broad SMARTS) is 1. The summed E-state index contributed by atoms with van der Waals surface area (Å²) in [6.07, 6.45) is 0. The summed E-state index contributed by atoms with van der Waals surface area (Å²) in [5, 5.41) is 9.43. The Labute approximate surface area is 130 Å². The highest BCUT2D eigenvalue weighted by Crippen LogP contribution is 2.29. The van der Waals surface area contributed by atoms with Crippen LogP contribution in [0.1, 0.15) is 21.7 Å². The summed E-state index contributed by atoms with van der Waals surface area (Å²) in [4.78, 5) is 16.0. The second kappa shape index (κ2) is 5.00. The Bertz CT molecular complexity index is 868. The van der Waals surface area contributed by atoms with Gasteiger partial charge in [0, 0.05) is 4.47 Å². The molecule has 0 fully saturated rings. The number of benzene rings is 2. The van der Waals surface area contributed by atoms with Crippen LogP contribution in [0.25, 0.3) is 16.7 Å². The molecule has 5 heteroatoms. The van der Waals surface area contributed by atoms with Gasteiger partial charge in [-0.15, -0.1) is 0 Å². The largest absolute Gasteiger partial charge is 0.478 e. The van der Waals surface area contributed by atoms with E-state index in [1.807, 2.05) is 42.7 Å². The Balaban J connectivity index is 2.44. The Morgan fingerprint density at radius 3 is 2.71 bits per heavy atom. The number of carbonyl (C=O) groups is 1. The van der Waals surface area contributed by atoms with E-state index in [0.29, 0.717) is 11.0 Å². The molecule has 0 spiro atoms. The summed E-state index contributed by atoms with van der Waals surface area (Å²) in [5.74, 6) is -0.199. The third kappa shape index (κ3) is 2.23. The highest BCUT2D eigenvalue weighted by atomic mass is 79.9. The van der Waals surface area contributed by atoms with E-state index in [9.17, 15) is 9.90 Å². The summed E-state index contributed by atoms with van der Waals surface area (Å²) in [6.45, 7) is 3.88. The number of aromatic nitrogens is 2. The van der Waals surface area contributed by atoms with E-state index in [0.717, 1.165) is 21.5 Å². The highest BCUT2D eigenvalue weighted by molar-refractivity contribution is 9.10. The van der Waals surface area contributed by atoms with Gasteiger partial charge in [0.1, 0.15) is 5.82 Å². The lowest BCUT2D eigenvalue weighted by Gasteiger charge is -2.11. The Kier molecular flexibility index (Phi) is 3.29. The average Bonchev–Trinajstić information content (AvgIpc) is 2.77. The van der Waals surface area contributed by atoms with Crippen molar-refractivity contribution in [3.63, 3.8) is 0 Å². The van der Waals surface area contributed by atoms with E-state index in [4.69, 9.17) is 0 Å². The quantitative estimate of drug-likeness (QED) is 0.761. The van der Waals surface area contributed by atoms with Gasteiger partial charge in [-0.25, -0.2) is 9.78 Å². The molecule has 3 aromatic rings. The molecule has 4 nitrogen and oxygen atoms in total. The minimum atomic E-state index is -0.953. The van der Waals surface area contributed by atoms with Crippen LogP contribution in [-0.2, 0) is 0 Å². The first-order chi connectivity index (χ1) is 9.99. The number of imidazole rings is 1. The maximum Gasteiger partial charge on any atom is 0.337 e. The maximum atomic E-state index is 11.5. The third-order valence-corrected chi connectivity index (χ3v) is 4.09. The van der Waals surface area contributed by atoms with Gasteiger partial charge in [0.15, 0.2) is 0 Å². The third-order valence-electron chi connectivity index (χ3n) is 3.42. The van der Waals surface area contributed by atoms with E-state index in [1.165, 1.54) is 0 Å². The van der Waals surface area contributed by atoms with Crippen LogP contribution in [0.4, 0.5) is 0 Å². The van der Waals surface area contributed by atoms with Crippen molar-refractivity contribution >= 4 is 32.9 Å². The molecule has 3 rings (SSSR count). The van der Waals surface area contributed by atoms with Crippen molar-refractivity contribution in [1.82, 2.24) is 9.55 Å². The molecule has 106 valence electrons. The number of carboxylic acids is 1. The van der Waals surface area contributed by atoms with Crippen LogP contribution < -0.4 is 0 Å². The summed E-state index contributed by atoms with van der Waals surface area (Å²) in [6, 6.07) is 11.1. The average molecular weight is 345 g/mol. The molecule has 0 aliphatic heterocycles. The zero-order valence-corrected chi connectivity index (χ0v) is 13.2. The van der Waals surface area contributed by atoms with Crippen molar-refractivity contribution in [3.05, 3.63) is 57.8 Å². The first-order valence-electron chi connectivity index (χ1n) is 6.47. The lowest BCUT2D eigenvalue weighted by atomic mass is 10.1. The number of para-hydroxylation sites is 1. The van der Waals surface area contributed by atoms with Gasteiger partial charge in [-0.1, -0.05) is 12.1 Å². The summed E-state index contributed by atoms with van der Waals surface area (Å²) in [7, 11) is 0. The number of rotatable bonds is 2. The van der Waals surface area contributed by atoms with Crippen LogP contribution in [-0.4, -0.2) is 20.6 Å². The van der Waals surface area contributed by atoms with Gasteiger partial charge >= 0.3 is 5.97 Å². The predicted molar refractivity (Wildman–Crippen MR) is 85.2 cm³/mol. The van der Waals surface area contributed by atoms with E-state index in [-0.39, 0.29) is 5.56 Å². The van der Waals surface area contributed by atoms with Crippen molar-refractivity contribution < 1.29 is 9.90 Å². The molecule has 1 aromatic heterocycles. The first-order valence-corrected chi connectivity index (χ1v) is 7.26. The lowest BCUT2D eigenvalue weighted by molar-refractivity contribution is 0.0698. The number of fused-ring (bicyclic) bond motifs is 1. The molecule has 0 aliphatic carbocycles. The maximum absolute atomic E-state index is 11.5. The van der Waals surface area contributed by atoms with Gasteiger partial charge < -0.3 is 5.11 Å². The van der Waals surface area contributed by atoms with Crippen LogP contribution >= 0.6 is 15.9 Å². The molecular formula is C16H13BrN2O2. The molecule has 0 saturated carbocycles. The fourth-order valence-corrected chi connectivity index (χ4v) is 2.93. The van der Waals surface area contributed by atoms with Gasteiger partial charge in [-0.05, 0) is 59.6 Å². The summed E-state index contributed by atoms with van der Waals surface area (Å²) in [5.41, 5.74) is 3.54. The number of halogens is 1.